The van der Waals surface area contributed by atoms with Crippen LogP contribution < -0.4 is 5.69 Å². The van der Waals surface area contributed by atoms with Gasteiger partial charge in [0.25, 0.3) is 0 Å². The van der Waals surface area contributed by atoms with Crippen molar-refractivity contribution in [1.29, 1.82) is 0 Å². The molecule has 0 amide bonds. The van der Waals surface area contributed by atoms with Crippen LogP contribution in [0.1, 0.15) is 4.88 Å². The molecule has 0 spiro atoms. The molecule has 0 aromatic carbocycles. The maximum Gasteiger partial charge on any atom is 0.343 e. The van der Waals surface area contributed by atoms with E-state index >= 15 is 0 Å². The molecule has 0 bridgehead atoms. The number of hydrogen-bond donors (Lipinski definition) is 1. The number of nitrogens with zero attached hydrogens (tertiary/aromatic N) is 2. The van der Waals surface area contributed by atoms with Crippen LogP contribution in [-0.4, -0.2) is 14.8 Å². The summed E-state index contributed by atoms with van der Waals surface area (Å²) < 4.78 is 2.60. The Morgan fingerprint density at radius 1 is 1.73 bits per heavy atom. The minimum absolute atomic E-state index is 0.176. The average Bonchev–Trinajstić information content (AvgIpc) is 2.74. The third-order valence-corrected chi connectivity index (χ3v) is 4.76. The van der Waals surface area contributed by atoms with Gasteiger partial charge < -0.3 is 0 Å². The second-order valence-electron chi connectivity index (χ2n) is 2.89. The first kappa shape index (κ1) is 11.0. The number of thiophene rings is 1. The molecule has 15 heavy (non-hydrogen) atoms. The molecule has 0 fully saturated rings. The van der Waals surface area contributed by atoms with Crippen molar-refractivity contribution in [3.63, 3.8) is 0 Å². The number of H-pyrrole nitrogens is 1. The summed E-state index contributed by atoms with van der Waals surface area (Å²) in [5.74, 6) is 0.828. The standard InChI is InChI=1S/C8H8BrN3OS2/c1-12-7(13)10-11-8(12)15-4-6-2-5(9)3-14-6/h2-3H,4H2,1H3,(H,10,13). The third-order valence-electron chi connectivity index (χ3n) is 1.80. The number of aromatic nitrogens is 3. The highest BCUT2D eigenvalue weighted by molar-refractivity contribution is 9.10. The minimum atomic E-state index is -0.176. The van der Waals surface area contributed by atoms with Crippen LogP contribution in [0.3, 0.4) is 0 Å². The average molecular weight is 306 g/mol. The molecule has 80 valence electrons. The second-order valence-corrected chi connectivity index (χ2v) is 5.74. The Hall–Kier alpha value is -0.530. The molecule has 1 N–H and O–H groups in total. The normalized spacial score (nSPS) is 10.8. The highest BCUT2D eigenvalue weighted by Crippen LogP contribution is 2.26. The molecule has 0 aliphatic heterocycles. The number of halogens is 1. The van der Waals surface area contributed by atoms with Gasteiger partial charge in [0.2, 0.25) is 0 Å². The van der Waals surface area contributed by atoms with Crippen LogP contribution in [0.4, 0.5) is 0 Å². The van der Waals surface area contributed by atoms with Crippen molar-refractivity contribution in [2.75, 3.05) is 0 Å². The van der Waals surface area contributed by atoms with Crippen LogP contribution in [0.25, 0.3) is 0 Å². The van der Waals surface area contributed by atoms with Gasteiger partial charge in [-0.15, -0.1) is 16.4 Å². The highest BCUT2D eigenvalue weighted by atomic mass is 79.9. The van der Waals surface area contributed by atoms with Crippen molar-refractivity contribution in [3.05, 3.63) is 31.3 Å². The molecule has 0 saturated heterocycles. The molecule has 2 heterocycles. The van der Waals surface area contributed by atoms with Gasteiger partial charge in [-0.2, -0.15) is 0 Å². The van der Waals surface area contributed by atoms with Crippen LogP contribution in [0.2, 0.25) is 0 Å². The van der Waals surface area contributed by atoms with E-state index in [4.69, 9.17) is 0 Å². The fourth-order valence-corrected chi connectivity index (χ4v) is 3.45. The minimum Gasteiger partial charge on any atom is -0.273 e. The van der Waals surface area contributed by atoms with Crippen molar-refractivity contribution < 1.29 is 0 Å². The van der Waals surface area contributed by atoms with Gasteiger partial charge in [0, 0.05) is 27.5 Å². The fraction of sp³-hybridized carbons (Fsp3) is 0.250. The number of hydrogen-bond acceptors (Lipinski definition) is 4. The number of aromatic amines is 1. The summed E-state index contributed by atoms with van der Waals surface area (Å²) in [4.78, 5) is 12.3. The van der Waals surface area contributed by atoms with Gasteiger partial charge in [0.05, 0.1) is 0 Å². The van der Waals surface area contributed by atoms with Crippen molar-refractivity contribution in [3.8, 4) is 0 Å². The molecular weight excluding hydrogens is 298 g/mol. The first-order valence-corrected chi connectivity index (χ1v) is 6.80. The molecule has 0 atom stereocenters. The Balaban J connectivity index is 2.05. The number of nitrogens with one attached hydrogen (secondary N) is 1. The molecule has 0 unspecified atom stereocenters. The molecule has 2 aromatic heterocycles. The summed E-state index contributed by atoms with van der Waals surface area (Å²) in [5.41, 5.74) is -0.176. The van der Waals surface area contributed by atoms with Crippen LogP contribution in [0.15, 0.2) is 25.9 Å². The summed E-state index contributed by atoms with van der Waals surface area (Å²) >= 11 is 6.63. The van der Waals surface area contributed by atoms with Crippen LogP contribution in [-0.2, 0) is 12.8 Å². The van der Waals surface area contributed by atoms with Gasteiger partial charge in [-0.3, -0.25) is 4.57 Å². The Bertz CT molecular complexity index is 516. The molecule has 0 aliphatic rings. The summed E-state index contributed by atoms with van der Waals surface area (Å²) in [6.45, 7) is 0. The van der Waals surface area contributed by atoms with E-state index in [1.54, 1.807) is 30.1 Å². The van der Waals surface area contributed by atoms with Gasteiger partial charge >= 0.3 is 5.69 Å². The largest absolute Gasteiger partial charge is 0.343 e. The van der Waals surface area contributed by atoms with Gasteiger partial charge in [-0.1, -0.05) is 11.8 Å². The number of thioether (sulfide) groups is 1. The first-order chi connectivity index (χ1) is 7.16. The zero-order valence-corrected chi connectivity index (χ0v) is 11.1. The predicted molar refractivity (Wildman–Crippen MR) is 65.4 cm³/mol. The highest BCUT2D eigenvalue weighted by Gasteiger charge is 2.05. The third kappa shape index (κ3) is 2.53. The van der Waals surface area contributed by atoms with Crippen LogP contribution in [0, 0.1) is 0 Å². The van der Waals surface area contributed by atoms with E-state index in [9.17, 15) is 4.79 Å². The number of rotatable bonds is 3. The lowest BCUT2D eigenvalue weighted by Gasteiger charge is -1.96. The summed E-state index contributed by atoms with van der Waals surface area (Å²) in [6, 6.07) is 2.07. The fourth-order valence-electron chi connectivity index (χ4n) is 1.03. The lowest BCUT2D eigenvalue weighted by Crippen LogP contribution is -2.12. The van der Waals surface area contributed by atoms with Crippen molar-refractivity contribution in [1.82, 2.24) is 14.8 Å². The Kier molecular flexibility index (Phi) is 3.32. The predicted octanol–water partition coefficient (Wildman–Crippen LogP) is 2.22. The summed E-state index contributed by atoms with van der Waals surface area (Å²) in [6.07, 6.45) is 0. The van der Waals surface area contributed by atoms with E-state index in [0.717, 1.165) is 10.2 Å². The first-order valence-electron chi connectivity index (χ1n) is 4.14. The van der Waals surface area contributed by atoms with Crippen molar-refractivity contribution >= 4 is 39.0 Å². The van der Waals surface area contributed by atoms with Gasteiger partial charge in [-0.25, -0.2) is 9.89 Å². The topological polar surface area (TPSA) is 50.7 Å². The Morgan fingerprint density at radius 3 is 3.07 bits per heavy atom. The van der Waals surface area contributed by atoms with Gasteiger partial charge in [0.15, 0.2) is 5.16 Å². The van der Waals surface area contributed by atoms with E-state index < -0.39 is 0 Å². The lowest BCUT2D eigenvalue weighted by atomic mass is 10.5. The quantitative estimate of drug-likeness (QED) is 0.885. The molecule has 4 nitrogen and oxygen atoms in total. The lowest BCUT2D eigenvalue weighted by molar-refractivity contribution is 0.766. The zero-order valence-electron chi connectivity index (χ0n) is 7.86. The van der Waals surface area contributed by atoms with E-state index in [2.05, 4.69) is 32.2 Å². The van der Waals surface area contributed by atoms with Crippen LogP contribution >= 0.6 is 39.0 Å². The zero-order chi connectivity index (χ0) is 10.8. The van der Waals surface area contributed by atoms with Gasteiger partial charge in [0.1, 0.15) is 0 Å². The van der Waals surface area contributed by atoms with Crippen molar-refractivity contribution in [2.45, 2.75) is 10.9 Å². The molecule has 7 heteroatoms. The monoisotopic (exact) mass is 305 g/mol. The molecule has 2 rings (SSSR count). The van der Waals surface area contributed by atoms with Gasteiger partial charge in [-0.05, 0) is 22.0 Å². The maximum absolute atomic E-state index is 11.1. The second kappa shape index (κ2) is 4.54. The summed E-state index contributed by atoms with van der Waals surface area (Å²) in [5, 5.41) is 9.08. The molecule has 0 saturated carbocycles. The smallest absolute Gasteiger partial charge is 0.273 e. The Labute approximate surface area is 103 Å². The summed E-state index contributed by atoms with van der Waals surface area (Å²) in [7, 11) is 1.71. The van der Waals surface area contributed by atoms with E-state index in [1.165, 1.54) is 9.44 Å². The van der Waals surface area contributed by atoms with E-state index in [-0.39, 0.29) is 5.69 Å². The molecule has 0 aliphatic carbocycles. The van der Waals surface area contributed by atoms with E-state index in [1.807, 2.05) is 5.38 Å². The molecule has 0 radical (unpaired) electrons. The van der Waals surface area contributed by atoms with Crippen LogP contribution in [0.5, 0.6) is 0 Å². The Morgan fingerprint density at radius 2 is 2.53 bits per heavy atom. The SMILES string of the molecule is Cn1c(SCc2cc(Br)cs2)n[nH]c1=O. The molecule has 2 aromatic rings. The maximum atomic E-state index is 11.1. The van der Waals surface area contributed by atoms with E-state index in [0.29, 0.717) is 5.16 Å². The molecular formula is C8H8BrN3OS2. The van der Waals surface area contributed by atoms with Crippen molar-refractivity contribution in [2.24, 2.45) is 7.05 Å².